The van der Waals surface area contributed by atoms with Gasteiger partial charge in [-0.2, -0.15) is 0 Å². The first-order valence-electron chi connectivity index (χ1n) is 10.5. The van der Waals surface area contributed by atoms with E-state index in [-0.39, 0.29) is 0 Å². The summed E-state index contributed by atoms with van der Waals surface area (Å²) in [4.78, 5) is 0. The summed E-state index contributed by atoms with van der Waals surface area (Å²) in [6, 6.07) is 42.6. The van der Waals surface area contributed by atoms with Crippen molar-refractivity contribution in [3.8, 4) is 33.4 Å². The largest absolute Gasteiger partial charge is 0.455 e. The van der Waals surface area contributed by atoms with E-state index < -0.39 is 0 Å². The number of furan rings is 1. The van der Waals surface area contributed by atoms with E-state index in [4.69, 9.17) is 4.42 Å². The fourth-order valence-corrected chi connectivity index (χ4v) is 4.33. The van der Waals surface area contributed by atoms with Gasteiger partial charge in [0.1, 0.15) is 11.2 Å². The second-order valence-electron chi connectivity index (χ2n) is 7.80. The fourth-order valence-electron chi connectivity index (χ4n) is 4.33. The second kappa shape index (κ2) is 7.30. The van der Waals surface area contributed by atoms with Crippen molar-refractivity contribution >= 4 is 21.9 Å². The Morgan fingerprint density at radius 1 is 0.387 bits per heavy atom. The maximum atomic E-state index is 6.25. The molecule has 0 fully saturated rings. The predicted octanol–water partition coefficient (Wildman–Crippen LogP) is 8.59. The molecule has 0 spiro atoms. The molecule has 0 aliphatic carbocycles. The van der Waals surface area contributed by atoms with E-state index in [1.54, 1.807) is 0 Å². The molecule has 5 aromatic carbocycles. The Labute approximate surface area is 181 Å². The third-order valence-corrected chi connectivity index (χ3v) is 5.90. The number of hydrogen-bond acceptors (Lipinski definition) is 1. The summed E-state index contributed by atoms with van der Waals surface area (Å²) in [6.07, 6.45) is 0. The van der Waals surface area contributed by atoms with E-state index >= 15 is 0 Å². The van der Waals surface area contributed by atoms with Crippen molar-refractivity contribution in [1.82, 2.24) is 0 Å². The van der Waals surface area contributed by atoms with Crippen LogP contribution < -0.4 is 0 Å². The Morgan fingerprint density at radius 3 is 1.81 bits per heavy atom. The first-order chi connectivity index (χ1) is 15.4. The van der Waals surface area contributed by atoms with Crippen LogP contribution in [-0.2, 0) is 0 Å². The maximum absolute atomic E-state index is 6.25. The molecule has 0 aliphatic rings. The Hall–Kier alpha value is -4.10. The molecule has 146 valence electrons. The molecule has 0 saturated carbocycles. The predicted molar refractivity (Wildman–Crippen MR) is 130 cm³/mol. The number of fused-ring (bicyclic) bond motifs is 3. The minimum absolute atomic E-state index is 0.928. The van der Waals surface area contributed by atoms with Crippen LogP contribution in [0, 0.1) is 0 Å². The van der Waals surface area contributed by atoms with E-state index in [1.807, 2.05) is 18.2 Å². The van der Waals surface area contributed by atoms with Crippen molar-refractivity contribution in [1.29, 1.82) is 0 Å². The van der Waals surface area contributed by atoms with Crippen LogP contribution in [0.4, 0.5) is 0 Å². The van der Waals surface area contributed by atoms with Gasteiger partial charge in [0.05, 0.1) is 0 Å². The van der Waals surface area contributed by atoms with E-state index in [2.05, 4.69) is 103 Å². The molecule has 1 heterocycles. The van der Waals surface area contributed by atoms with Gasteiger partial charge in [0.2, 0.25) is 0 Å². The summed E-state index contributed by atoms with van der Waals surface area (Å²) in [5, 5.41) is 2.32. The summed E-state index contributed by atoms with van der Waals surface area (Å²) in [5.74, 6) is 0. The molecule has 1 nitrogen and oxygen atoms in total. The molecule has 6 rings (SSSR count). The first-order valence-corrected chi connectivity index (χ1v) is 10.5. The zero-order valence-electron chi connectivity index (χ0n) is 17.0. The van der Waals surface area contributed by atoms with Gasteiger partial charge in [-0.05, 0) is 39.9 Å². The Kier molecular flexibility index (Phi) is 4.18. The highest BCUT2D eigenvalue weighted by atomic mass is 16.3. The lowest BCUT2D eigenvalue weighted by Gasteiger charge is -2.08. The van der Waals surface area contributed by atoms with Crippen molar-refractivity contribution in [2.75, 3.05) is 0 Å². The number of rotatable bonds is 3. The van der Waals surface area contributed by atoms with Gasteiger partial charge in [0.25, 0.3) is 0 Å². The SMILES string of the molecule is c1ccc(-c2ccc(-c3cccc(-c4cccc5c4oc4ccccc45)c3)cc2)cc1. The molecule has 31 heavy (non-hydrogen) atoms. The van der Waals surface area contributed by atoms with Crippen LogP contribution in [0.2, 0.25) is 0 Å². The van der Waals surface area contributed by atoms with Gasteiger partial charge in [-0.1, -0.05) is 109 Å². The Morgan fingerprint density at radius 2 is 0.968 bits per heavy atom. The second-order valence-corrected chi connectivity index (χ2v) is 7.80. The van der Waals surface area contributed by atoms with Gasteiger partial charge in [0.15, 0.2) is 0 Å². The lowest BCUT2D eigenvalue weighted by molar-refractivity contribution is 0.670. The van der Waals surface area contributed by atoms with Crippen LogP contribution in [-0.4, -0.2) is 0 Å². The molecule has 6 aromatic rings. The fraction of sp³-hybridized carbons (Fsp3) is 0. The molecule has 1 heteroatoms. The van der Waals surface area contributed by atoms with Crippen molar-refractivity contribution in [2.45, 2.75) is 0 Å². The van der Waals surface area contributed by atoms with Gasteiger partial charge in [-0.15, -0.1) is 0 Å². The van der Waals surface area contributed by atoms with Gasteiger partial charge >= 0.3 is 0 Å². The maximum Gasteiger partial charge on any atom is 0.143 e. The standard InChI is InChI=1S/C30H20O/c1-2-8-21(9-3-1)22-16-18-23(19-17-22)24-10-6-11-25(20-24)26-13-7-14-28-27-12-4-5-15-29(27)31-30(26)28/h1-20H. The van der Waals surface area contributed by atoms with E-state index in [9.17, 15) is 0 Å². The van der Waals surface area contributed by atoms with Gasteiger partial charge in [-0.25, -0.2) is 0 Å². The van der Waals surface area contributed by atoms with Crippen LogP contribution in [0.5, 0.6) is 0 Å². The molecule has 0 aliphatic heterocycles. The summed E-state index contributed by atoms with van der Waals surface area (Å²) in [6.45, 7) is 0. The third-order valence-electron chi connectivity index (χ3n) is 5.90. The Balaban J connectivity index is 1.43. The van der Waals surface area contributed by atoms with Crippen molar-refractivity contribution < 1.29 is 4.42 Å². The molecule has 0 radical (unpaired) electrons. The average Bonchev–Trinajstić information content (AvgIpc) is 3.24. The molecular weight excluding hydrogens is 376 g/mol. The van der Waals surface area contributed by atoms with Crippen molar-refractivity contribution in [2.24, 2.45) is 0 Å². The lowest BCUT2D eigenvalue weighted by Crippen LogP contribution is -1.83. The molecule has 0 N–H and O–H groups in total. The smallest absolute Gasteiger partial charge is 0.143 e. The molecule has 1 aromatic heterocycles. The summed E-state index contributed by atoms with van der Waals surface area (Å²) < 4.78 is 6.25. The molecule has 0 unspecified atom stereocenters. The topological polar surface area (TPSA) is 13.1 Å². The first kappa shape index (κ1) is 17.7. The van der Waals surface area contributed by atoms with Crippen LogP contribution in [0.3, 0.4) is 0 Å². The summed E-state index contributed by atoms with van der Waals surface area (Å²) in [7, 11) is 0. The molecule has 0 amide bonds. The zero-order valence-corrected chi connectivity index (χ0v) is 17.0. The minimum Gasteiger partial charge on any atom is -0.455 e. The number of para-hydroxylation sites is 2. The summed E-state index contributed by atoms with van der Waals surface area (Å²) >= 11 is 0. The number of benzene rings is 5. The molecular formula is C30H20O. The highest BCUT2D eigenvalue weighted by molar-refractivity contribution is 6.09. The van der Waals surface area contributed by atoms with Crippen LogP contribution in [0.1, 0.15) is 0 Å². The van der Waals surface area contributed by atoms with Crippen molar-refractivity contribution in [3.63, 3.8) is 0 Å². The van der Waals surface area contributed by atoms with Gasteiger partial charge in [-0.3, -0.25) is 0 Å². The van der Waals surface area contributed by atoms with E-state index in [0.717, 1.165) is 33.1 Å². The average molecular weight is 396 g/mol. The molecule has 0 saturated heterocycles. The van der Waals surface area contributed by atoms with Crippen LogP contribution in [0.25, 0.3) is 55.3 Å². The van der Waals surface area contributed by atoms with Crippen molar-refractivity contribution in [3.05, 3.63) is 121 Å². The molecule has 0 atom stereocenters. The zero-order chi connectivity index (χ0) is 20.6. The highest BCUT2D eigenvalue weighted by Gasteiger charge is 2.12. The number of hydrogen-bond donors (Lipinski definition) is 0. The van der Waals surface area contributed by atoms with Gasteiger partial charge in [0, 0.05) is 16.3 Å². The Bertz CT molecular complexity index is 1510. The normalized spacial score (nSPS) is 11.2. The molecule has 0 bridgehead atoms. The van der Waals surface area contributed by atoms with Crippen LogP contribution >= 0.6 is 0 Å². The van der Waals surface area contributed by atoms with Crippen LogP contribution in [0.15, 0.2) is 126 Å². The van der Waals surface area contributed by atoms with E-state index in [1.165, 1.54) is 22.3 Å². The van der Waals surface area contributed by atoms with E-state index in [0.29, 0.717) is 0 Å². The third kappa shape index (κ3) is 3.12. The lowest BCUT2D eigenvalue weighted by atomic mass is 9.96. The monoisotopic (exact) mass is 396 g/mol. The minimum atomic E-state index is 0.928. The quantitative estimate of drug-likeness (QED) is 0.292. The van der Waals surface area contributed by atoms with Gasteiger partial charge < -0.3 is 4.42 Å². The summed E-state index contributed by atoms with van der Waals surface area (Å²) in [5.41, 5.74) is 9.03. The highest BCUT2D eigenvalue weighted by Crippen LogP contribution is 2.37.